The maximum absolute atomic E-state index is 5.69. The van der Waals surface area contributed by atoms with E-state index in [1.54, 1.807) is 0 Å². The number of nitrogens with zero attached hydrogens (tertiary/aromatic N) is 2. The van der Waals surface area contributed by atoms with Crippen LogP contribution in [-0.2, 0) is 11.3 Å². The summed E-state index contributed by atoms with van der Waals surface area (Å²) in [6.07, 6.45) is 3.61. The molecule has 1 aromatic carbocycles. The van der Waals surface area contributed by atoms with Crippen LogP contribution in [0.1, 0.15) is 31.7 Å². The number of piperidine rings is 1. The first-order chi connectivity index (χ1) is 11.8. The molecule has 0 amide bonds. The third-order valence-electron chi connectivity index (χ3n) is 4.34. The molecule has 0 saturated carbocycles. The molecule has 6 heteroatoms. The third-order valence-corrected chi connectivity index (χ3v) is 4.34. The largest absolute Gasteiger partial charge is 0.375 e. The van der Waals surface area contributed by atoms with Crippen molar-refractivity contribution in [3.05, 3.63) is 35.9 Å². The van der Waals surface area contributed by atoms with Gasteiger partial charge in [0.25, 0.3) is 0 Å². The average Bonchev–Trinajstić information content (AvgIpc) is 2.63. The summed E-state index contributed by atoms with van der Waals surface area (Å²) in [6, 6.07) is 10.8. The van der Waals surface area contributed by atoms with Crippen LogP contribution in [0.3, 0.4) is 0 Å². The Balaban J connectivity index is 0.00000312. The zero-order valence-electron chi connectivity index (χ0n) is 15.5. The lowest BCUT2D eigenvalue weighted by atomic mass is 10.1. The average molecular weight is 460 g/mol. The van der Waals surface area contributed by atoms with Gasteiger partial charge in [-0.3, -0.25) is 4.99 Å². The standard InChI is InChI=1S/C19H32N4O.HI/c1-3-12-23-13-9-18(10-14-23)22-19(20-2)21-11-15-24-16-17-7-5-4-6-8-17;/h4-8,18H,3,9-16H2,1-2H3,(H2,20,21,22);1H. The van der Waals surface area contributed by atoms with Gasteiger partial charge in [0.05, 0.1) is 13.2 Å². The van der Waals surface area contributed by atoms with E-state index in [1.165, 1.54) is 44.5 Å². The fourth-order valence-corrected chi connectivity index (χ4v) is 3.01. The van der Waals surface area contributed by atoms with Crippen molar-refractivity contribution < 1.29 is 4.74 Å². The van der Waals surface area contributed by atoms with Gasteiger partial charge in [-0.2, -0.15) is 0 Å². The molecular formula is C19H33IN4O. The van der Waals surface area contributed by atoms with E-state index in [0.29, 0.717) is 19.3 Å². The highest BCUT2D eigenvalue weighted by molar-refractivity contribution is 14.0. The number of likely N-dealkylation sites (tertiary alicyclic amines) is 1. The predicted octanol–water partition coefficient (Wildman–Crippen LogP) is 2.86. The number of ether oxygens (including phenoxy) is 1. The Morgan fingerprint density at radius 1 is 1.24 bits per heavy atom. The first-order valence-electron chi connectivity index (χ1n) is 9.13. The van der Waals surface area contributed by atoms with Crippen LogP contribution in [0.25, 0.3) is 0 Å². The summed E-state index contributed by atoms with van der Waals surface area (Å²) in [5, 5.41) is 6.87. The molecule has 25 heavy (non-hydrogen) atoms. The summed E-state index contributed by atoms with van der Waals surface area (Å²) in [4.78, 5) is 6.87. The Labute approximate surface area is 169 Å². The van der Waals surface area contributed by atoms with Gasteiger partial charge in [-0.25, -0.2) is 0 Å². The Bertz CT molecular complexity index is 476. The summed E-state index contributed by atoms with van der Waals surface area (Å²) in [5.41, 5.74) is 1.21. The third kappa shape index (κ3) is 8.87. The highest BCUT2D eigenvalue weighted by atomic mass is 127. The van der Waals surface area contributed by atoms with E-state index in [1.807, 2.05) is 25.2 Å². The van der Waals surface area contributed by atoms with Gasteiger partial charge >= 0.3 is 0 Å². The molecule has 0 aromatic heterocycles. The number of hydrogen-bond donors (Lipinski definition) is 2. The molecule has 2 rings (SSSR count). The number of guanidine groups is 1. The number of nitrogens with one attached hydrogen (secondary N) is 2. The Kier molecular flexibility index (Phi) is 11.9. The minimum atomic E-state index is 0. The molecular weight excluding hydrogens is 427 g/mol. The molecule has 0 radical (unpaired) electrons. The highest BCUT2D eigenvalue weighted by Crippen LogP contribution is 2.10. The normalized spacial score (nSPS) is 16.3. The topological polar surface area (TPSA) is 48.9 Å². The molecule has 1 saturated heterocycles. The Morgan fingerprint density at radius 3 is 2.60 bits per heavy atom. The maximum atomic E-state index is 5.69. The molecule has 1 aromatic rings. The van der Waals surface area contributed by atoms with Crippen molar-refractivity contribution in [2.24, 2.45) is 4.99 Å². The number of hydrogen-bond acceptors (Lipinski definition) is 3. The van der Waals surface area contributed by atoms with Crippen LogP contribution in [0.15, 0.2) is 35.3 Å². The van der Waals surface area contributed by atoms with Crippen LogP contribution in [-0.4, -0.2) is 56.7 Å². The Hall–Kier alpha value is -0.860. The second-order valence-corrected chi connectivity index (χ2v) is 6.30. The van der Waals surface area contributed by atoms with Gasteiger partial charge in [0.2, 0.25) is 0 Å². The molecule has 5 nitrogen and oxygen atoms in total. The molecule has 0 bridgehead atoms. The number of halogens is 1. The smallest absolute Gasteiger partial charge is 0.191 e. The fourth-order valence-electron chi connectivity index (χ4n) is 3.01. The number of benzene rings is 1. The van der Waals surface area contributed by atoms with E-state index in [-0.39, 0.29) is 24.0 Å². The van der Waals surface area contributed by atoms with Crippen LogP contribution >= 0.6 is 24.0 Å². The Morgan fingerprint density at radius 2 is 1.96 bits per heavy atom. The van der Waals surface area contributed by atoms with E-state index in [2.05, 4.69) is 39.6 Å². The second kappa shape index (κ2) is 13.4. The minimum Gasteiger partial charge on any atom is -0.375 e. The first kappa shape index (κ1) is 22.2. The van der Waals surface area contributed by atoms with E-state index in [4.69, 9.17) is 4.74 Å². The van der Waals surface area contributed by atoms with Crippen molar-refractivity contribution in [1.82, 2.24) is 15.5 Å². The minimum absolute atomic E-state index is 0. The molecule has 1 heterocycles. The lowest BCUT2D eigenvalue weighted by molar-refractivity contribution is 0.125. The van der Waals surface area contributed by atoms with Crippen molar-refractivity contribution in [3.8, 4) is 0 Å². The molecule has 2 N–H and O–H groups in total. The zero-order valence-corrected chi connectivity index (χ0v) is 17.9. The quantitative estimate of drug-likeness (QED) is 0.271. The summed E-state index contributed by atoms with van der Waals surface area (Å²) in [6.45, 7) is 7.93. The van der Waals surface area contributed by atoms with Crippen molar-refractivity contribution in [2.45, 2.75) is 38.8 Å². The summed E-state index contributed by atoms with van der Waals surface area (Å²) in [7, 11) is 1.83. The lowest BCUT2D eigenvalue weighted by Gasteiger charge is -2.32. The van der Waals surface area contributed by atoms with Gasteiger partial charge in [-0.15, -0.1) is 24.0 Å². The number of rotatable bonds is 8. The van der Waals surface area contributed by atoms with Crippen LogP contribution in [0.4, 0.5) is 0 Å². The molecule has 0 spiro atoms. The maximum Gasteiger partial charge on any atom is 0.191 e. The fraction of sp³-hybridized carbons (Fsp3) is 0.632. The van der Waals surface area contributed by atoms with E-state index < -0.39 is 0 Å². The summed E-state index contributed by atoms with van der Waals surface area (Å²) in [5.74, 6) is 0.882. The van der Waals surface area contributed by atoms with Crippen molar-refractivity contribution in [2.75, 3.05) is 39.8 Å². The zero-order chi connectivity index (χ0) is 17.0. The molecule has 1 aliphatic heterocycles. The van der Waals surface area contributed by atoms with Crippen molar-refractivity contribution in [3.63, 3.8) is 0 Å². The monoisotopic (exact) mass is 460 g/mol. The van der Waals surface area contributed by atoms with Gasteiger partial charge in [0.1, 0.15) is 0 Å². The van der Waals surface area contributed by atoms with Crippen molar-refractivity contribution in [1.29, 1.82) is 0 Å². The first-order valence-corrected chi connectivity index (χ1v) is 9.13. The summed E-state index contributed by atoms with van der Waals surface area (Å²) >= 11 is 0. The van der Waals surface area contributed by atoms with Crippen LogP contribution in [0, 0.1) is 0 Å². The van der Waals surface area contributed by atoms with Crippen LogP contribution in [0.5, 0.6) is 0 Å². The highest BCUT2D eigenvalue weighted by Gasteiger charge is 2.19. The molecule has 0 atom stereocenters. The van der Waals surface area contributed by atoms with Crippen LogP contribution < -0.4 is 10.6 Å². The second-order valence-electron chi connectivity index (χ2n) is 6.30. The van der Waals surface area contributed by atoms with Gasteiger partial charge < -0.3 is 20.3 Å². The van der Waals surface area contributed by atoms with Gasteiger partial charge in [-0.05, 0) is 31.4 Å². The predicted molar refractivity (Wildman–Crippen MR) is 116 cm³/mol. The lowest BCUT2D eigenvalue weighted by Crippen LogP contribution is -2.49. The van der Waals surface area contributed by atoms with E-state index in [9.17, 15) is 0 Å². The van der Waals surface area contributed by atoms with Gasteiger partial charge in [-0.1, -0.05) is 37.3 Å². The molecule has 1 fully saturated rings. The van der Waals surface area contributed by atoms with Crippen LogP contribution in [0.2, 0.25) is 0 Å². The van der Waals surface area contributed by atoms with E-state index in [0.717, 1.165) is 12.5 Å². The van der Waals surface area contributed by atoms with Crippen molar-refractivity contribution >= 4 is 29.9 Å². The molecule has 0 aliphatic carbocycles. The number of aliphatic imine (C=N–C) groups is 1. The molecule has 0 unspecified atom stereocenters. The SMILES string of the molecule is CCCN1CCC(NC(=NC)NCCOCc2ccccc2)CC1.I. The molecule has 1 aliphatic rings. The van der Waals surface area contributed by atoms with Gasteiger partial charge in [0.15, 0.2) is 5.96 Å². The van der Waals surface area contributed by atoms with Gasteiger partial charge in [0, 0.05) is 32.7 Å². The van der Waals surface area contributed by atoms with E-state index >= 15 is 0 Å². The molecule has 142 valence electrons. The summed E-state index contributed by atoms with van der Waals surface area (Å²) < 4.78 is 5.69.